The maximum atomic E-state index is 12.6. The van der Waals surface area contributed by atoms with Crippen LogP contribution in [-0.4, -0.2) is 46.0 Å². The van der Waals surface area contributed by atoms with Gasteiger partial charge in [0.2, 0.25) is 5.91 Å². The number of rotatable bonds is 5. The average molecular weight is 376 g/mol. The highest BCUT2D eigenvalue weighted by atomic mass is 32.2. The summed E-state index contributed by atoms with van der Waals surface area (Å²) in [5, 5.41) is 10.5. The normalized spacial score (nSPS) is 19.3. The van der Waals surface area contributed by atoms with E-state index in [1.807, 2.05) is 6.92 Å². The lowest BCUT2D eigenvalue weighted by Crippen LogP contribution is -2.35. The van der Waals surface area contributed by atoms with Gasteiger partial charge in [-0.25, -0.2) is 9.79 Å². The lowest BCUT2D eigenvalue weighted by Gasteiger charge is -2.29. The Hall–Kier alpha value is -2.48. The second-order valence-corrected chi connectivity index (χ2v) is 6.65. The summed E-state index contributed by atoms with van der Waals surface area (Å²) < 4.78 is 10.6. The number of amidine groups is 1. The zero-order valence-electron chi connectivity index (χ0n) is 14.8. The molecule has 1 aromatic carbocycles. The van der Waals surface area contributed by atoms with E-state index in [9.17, 15) is 14.7 Å². The zero-order chi connectivity index (χ0) is 18.8. The lowest BCUT2D eigenvalue weighted by atomic mass is 9.95. The molecule has 1 atom stereocenters. The first-order valence-electron chi connectivity index (χ1n) is 8.35. The van der Waals surface area contributed by atoms with Crippen LogP contribution in [0.1, 0.15) is 32.4 Å². The highest BCUT2D eigenvalue weighted by Crippen LogP contribution is 2.41. The van der Waals surface area contributed by atoms with E-state index in [0.717, 1.165) is 0 Å². The number of ether oxygens (including phenoxy) is 2. The number of thioether (sulfide) groups is 1. The van der Waals surface area contributed by atoms with Crippen molar-refractivity contribution in [1.29, 1.82) is 0 Å². The Bertz CT molecular complexity index is 818. The molecular formula is C18H20N2O5S. The number of phenolic OH excluding ortho intramolecular Hbond substituents is 1. The third-order valence-corrected chi connectivity index (χ3v) is 5.04. The summed E-state index contributed by atoms with van der Waals surface area (Å²) in [4.78, 5) is 30.8. The van der Waals surface area contributed by atoms with Crippen molar-refractivity contribution >= 4 is 28.8 Å². The van der Waals surface area contributed by atoms with Crippen molar-refractivity contribution in [3.8, 4) is 11.5 Å². The second-order valence-electron chi connectivity index (χ2n) is 5.71. The largest absolute Gasteiger partial charge is 0.504 e. The number of allylic oxidation sites excluding steroid dienone is 1. The van der Waals surface area contributed by atoms with Crippen LogP contribution >= 0.6 is 11.8 Å². The molecule has 1 aromatic rings. The summed E-state index contributed by atoms with van der Waals surface area (Å²) >= 11 is 1.34. The van der Waals surface area contributed by atoms with Gasteiger partial charge in [-0.15, -0.1) is 0 Å². The van der Waals surface area contributed by atoms with Gasteiger partial charge in [0.05, 0.1) is 24.5 Å². The van der Waals surface area contributed by atoms with Crippen LogP contribution in [-0.2, 0) is 14.3 Å². The molecule has 1 fully saturated rings. The van der Waals surface area contributed by atoms with Crippen LogP contribution in [0.5, 0.6) is 11.5 Å². The highest BCUT2D eigenvalue weighted by molar-refractivity contribution is 8.15. The van der Waals surface area contributed by atoms with Crippen LogP contribution in [0.4, 0.5) is 0 Å². The number of benzene rings is 1. The fourth-order valence-corrected chi connectivity index (χ4v) is 3.89. The molecule has 26 heavy (non-hydrogen) atoms. The van der Waals surface area contributed by atoms with Gasteiger partial charge in [0.1, 0.15) is 6.04 Å². The summed E-state index contributed by atoms with van der Waals surface area (Å²) in [5.74, 6) is 0.0209. The Morgan fingerprint density at radius 1 is 1.38 bits per heavy atom. The fraction of sp³-hybridized carbons (Fsp3) is 0.389. The molecule has 1 saturated heterocycles. The van der Waals surface area contributed by atoms with Crippen molar-refractivity contribution in [1.82, 2.24) is 4.90 Å². The fourth-order valence-electron chi connectivity index (χ4n) is 2.96. The van der Waals surface area contributed by atoms with Crippen LogP contribution in [0.25, 0.3) is 0 Å². The first kappa shape index (κ1) is 18.3. The molecule has 0 unspecified atom stereocenters. The van der Waals surface area contributed by atoms with Gasteiger partial charge in [0.25, 0.3) is 0 Å². The number of carbonyl (C=O) groups excluding carboxylic acids is 2. The van der Waals surface area contributed by atoms with E-state index >= 15 is 0 Å². The summed E-state index contributed by atoms with van der Waals surface area (Å²) in [6.07, 6.45) is 0. The minimum absolute atomic E-state index is 0.0181. The van der Waals surface area contributed by atoms with Crippen LogP contribution in [0, 0.1) is 0 Å². The predicted octanol–water partition coefficient (Wildman–Crippen LogP) is 2.61. The topological polar surface area (TPSA) is 88.4 Å². The number of carbonyl (C=O) groups is 2. The molecule has 138 valence electrons. The van der Waals surface area contributed by atoms with E-state index in [0.29, 0.717) is 40.1 Å². The molecule has 1 N–H and O–H groups in total. The standard InChI is InChI=1S/C18H20N2O5S/c1-4-24-13-8-11(6-7-12(13)21)16-15(17(23)25-5-2)10(3)20-14(22)9-26-18(20)19-16/h6-8,16,21H,4-5,9H2,1-3H3/t16-/m1/s1. The summed E-state index contributed by atoms with van der Waals surface area (Å²) in [6, 6.07) is 4.24. The van der Waals surface area contributed by atoms with Crippen molar-refractivity contribution in [2.45, 2.75) is 26.8 Å². The van der Waals surface area contributed by atoms with Crippen molar-refractivity contribution in [2.75, 3.05) is 19.0 Å². The molecule has 7 nitrogen and oxygen atoms in total. The quantitative estimate of drug-likeness (QED) is 0.795. The van der Waals surface area contributed by atoms with Crippen molar-refractivity contribution in [2.24, 2.45) is 4.99 Å². The number of aromatic hydroxyl groups is 1. The van der Waals surface area contributed by atoms with Gasteiger partial charge in [-0.05, 0) is 38.5 Å². The number of hydrogen-bond acceptors (Lipinski definition) is 7. The van der Waals surface area contributed by atoms with Crippen LogP contribution in [0.3, 0.4) is 0 Å². The van der Waals surface area contributed by atoms with E-state index in [1.54, 1.807) is 26.0 Å². The number of hydrogen-bond donors (Lipinski definition) is 1. The Labute approximate surface area is 155 Å². The molecule has 0 aromatic heterocycles. The van der Waals surface area contributed by atoms with E-state index in [2.05, 4.69) is 4.99 Å². The number of esters is 1. The van der Waals surface area contributed by atoms with Gasteiger partial charge in [-0.1, -0.05) is 17.8 Å². The zero-order valence-corrected chi connectivity index (χ0v) is 15.6. The minimum Gasteiger partial charge on any atom is -0.504 e. The van der Waals surface area contributed by atoms with Gasteiger partial charge in [0.15, 0.2) is 16.7 Å². The lowest BCUT2D eigenvalue weighted by molar-refractivity contribution is -0.139. The number of phenols is 1. The second kappa shape index (κ2) is 7.41. The molecule has 0 radical (unpaired) electrons. The molecular weight excluding hydrogens is 356 g/mol. The smallest absolute Gasteiger partial charge is 0.338 e. The maximum Gasteiger partial charge on any atom is 0.338 e. The van der Waals surface area contributed by atoms with Crippen LogP contribution < -0.4 is 4.74 Å². The van der Waals surface area contributed by atoms with Gasteiger partial charge in [-0.3, -0.25) is 9.69 Å². The molecule has 8 heteroatoms. The SMILES string of the molecule is CCOC(=O)C1=C(C)N2C(=O)CSC2=N[C@@H]1c1ccc(O)c(OCC)c1. The number of nitrogens with zero attached hydrogens (tertiary/aromatic N) is 2. The Morgan fingerprint density at radius 3 is 2.85 bits per heavy atom. The maximum absolute atomic E-state index is 12.6. The van der Waals surface area contributed by atoms with Gasteiger partial charge in [0, 0.05) is 5.70 Å². The highest BCUT2D eigenvalue weighted by Gasteiger charge is 2.40. The molecule has 3 rings (SSSR count). The number of amides is 1. The summed E-state index contributed by atoms with van der Waals surface area (Å²) in [7, 11) is 0. The summed E-state index contributed by atoms with van der Waals surface area (Å²) in [5.41, 5.74) is 1.53. The molecule has 0 aliphatic carbocycles. The first-order chi connectivity index (χ1) is 12.5. The Kier molecular flexibility index (Phi) is 5.22. The van der Waals surface area contributed by atoms with Crippen molar-refractivity contribution in [3.05, 3.63) is 35.0 Å². The summed E-state index contributed by atoms with van der Waals surface area (Å²) in [6.45, 7) is 5.89. The number of aliphatic imine (C=N–C) groups is 1. The Balaban J connectivity index is 2.10. The van der Waals surface area contributed by atoms with Crippen molar-refractivity contribution in [3.63, 3.8) is 0 Å². The van der Waals surface area contributed by atoms with Gasteiger partial charge in [-0.2, -0.15) is 0 Å². The van der Waals surface area contributed by atoms with Crippen molar-refractivity contribution < 1.29 is 24.2 Å². The molecule has 2 heterocycles. The molecule has 2 aliphatic heterocycles. The van der Waals surface area contributed by atoms with E-state index < -0.39 is 12.0 Å². The molecule has 0 saturated carbocycles. The monoisotopic (exact) mass is 376 g/mol. The van der Waals surface area contributed by atoms with E-state index in [-0.39, 0.29) is 18.3 Å². The van der Waals surface area contributed by atoms with E-state index in [1.165, 1.54) is 22.7 Å². The third-order valence-electron chi connectivity index (χ3n) is 4.10. The third kappa shape index (κ3) is 3.16. The molecule has 2 aliphatic rings. The van der Waals surface area contributed by atoms with Gasteiger partial charge >= 0.3 is 5.97 Å². The van der Waals surface area contributed by atoms with E-state index in [4.69, 9.17) is 9.47 Å². The molecule has 1 amide bonds. The average Bonchev–Trinajstić information content (AvgIpc) is 2.98. The first-order valence-corrected chi connectivity index (χ1v) is 9.33. The number of fused-ring (bicyclic) bond motifs is 1. The van der Waals surface area contributed by atoms with Crippen LogP contribution in [0.2, 0.25) is 0 Å². The van der Waals surface area contributed by atoms with Crippen LogP contribution in [0.15, 0.2) is 34.5 Å². The minimum atomic E-state index is -0.626. The molecule has 0 bridgehead atoms. The Morgan fingerprint density at radius 2 is 2.15 bits per heavy atom. The predicted molar refractivity (Wildman–Crippen MR) is 98.1 cm³/mol. The molecule has 0 spiro atoms. The van der Waals surface area contributed by atoms with Gasteiger partial charge < -0.3 is 14.6 Å².